The number of benzene rings is 1. The van der Waals surface area contributed by atoms with Gasteiger partial charge >= 0.3 is 0 Å². The van der Waals surface area contributed by atoms with E-state index in [4.69, 9.17) is 4.74 Å². The predicted molar refractivity (Wildman–Crippen MR) is 101 cm³/mol. The molecule has 0 aliphatic heterocycles. The maximum absolute atomic E-state index is 5.22. The van der Waals surface area contributed by atoms with Crippen LogP contribution < -0.4 is 4.74 Å². The molecule has 0 spiro atoms. The van der Waals surface area contributed by atoms with Crippen LogP contribution in [0.5, 0.6) is 5.75 Å². The Balaban J connectivity index is 1.56. The number of ether oxygens (including phenoxy) is 1. The summed E-state index contributed by atoms with van der Waals surface area (Å²) in [6, 6.07) is 8.09. The quantitative estimate of drug-likeness (QED) is 0.572. The highest BCUT2D eigenvalue weighted by atomic mass is 32.1. The summed E-state index contributed by atoms with van der Waals surface area (Å²) in [4.78, 5) is 0. The number of aromatic nitrogens is 2. The minimum absolute atomic E-state index is 0.622. The zero-order chi connectivity index (χ0) is 16.8. The Labute approximate surface area is 149 Å². The highest BCUT2D eigenvalue weighted by Crippen LogP contribution is 2.40. The van der Waals surface area contributed by atoms with E-state index in [0.29, 0.717) is 5.92 Å². The molecule has 4 heteroatoms. The lowest BCUT2D eigenvalue weighted by Gasteiger charge is -2.27. The van der Waals surface area contributed by atoms with E-state index in [1.54, 1.807) is 18.4 Å². The maximum atomic E-state index is 5.22. The Morgan fingerprint density at radius 1 is 1.04 bits per heavy atom. The van der Waals surface area contributed by atoms with Crippen molar-refractivity contribution in [3.05, 3.63) is 29.3 Å². The van der Waals surface area contributed by atoms with Gasteiger partial charge < -0.3 is 4.74 Å². The fourth-order valence-electron chi connectivity index (χ4n) is 3.63. The van der Waals surface area contributed by atoms with Gasteiger partial charge in [-0.1, -0.05) is 43.9 Å². The molecule has 0 N–H and O–H groups in total. The average Bonchev–Trinajstić information content (AvgIpc) is 3.13. The Bertz CT molecular complexity index is 615. The van der Waals surface area contributed by atoms with E-state index in [1.807, 2.05) is 12.1 Å². The molecule has 1 aliphatic carbocycles. The fourth-order valence-corrected chi connectivity index (χ4v) is 4.65. The lowest BCUT2D eigenvalue weighted by Crippen LogP contribution is -2.13. The molecule has 1 aromatic heterocycles. The van der Waals surface area contributed by atoms with Crippen molar-refractivity contribution in [1.82, 2.24) is 10.2 Å². The summed E-state index contributed by atoms with van der Waals surface area (Å²) in [5, 5.41) is 11.2. The second-order valence-corrected chi connectivity index (χ2v) is 7.90. The Kier molecular flexibility index (Phi) is 6.24. The Morgan fingerprint density at radius 2 is 1.79 bits per heavy atom. The second kappa shape index (κ2) is 8.61. The molecule has 0 atom stereocenters. The number of rotatable bonds is 7. The smallest absolute Gasteiger partial charge is 0.147 e. The minimum Gasteiger partial charge on any atom is -0.497 e. The molecule has 1 aromatic carbocycles. The third kappa shape index (κ3) is 4.35. The Morgan fingerprint density at radius 3 is 2.46 bits per heavy atom. The third-order valence-corrected chi connectivity index (χ3v) is 6.32. The van der Waals surface area contributed by atoms with Crippen molar-refractivity contribution in [1.29, 1.82) is 0 Å². The van der Waals surface area contributed by atoms with Crippen LogP contribution in [0.25, 0.3) is 10.6 Å². The van der Waals surface area contributed by atoms with Crippen molar-refractivity contribution >= 4 is 11.3 Å². The molecule has 0 saturated heterocycles. The van der Waals surface area contributed by atoms with Gasteiger partial charge in [-0.05, 0) is 55.9 Å². The molecule has 1 fully saturated rings. The third-order valence-electron chi connectivity index (χ3n) is 5.19. The van der Waals surface area contributed by atoms with Gasteiger partial charge in [0, 0.05) is 11.5 Å². The van der Waals surface area contributed by atoms with Gasteiger partial charge in [0.25, 0.3) is 0 Å². The first-order valence-corrected chi connectivity index (χ1v) is 10.1. The van der Waals surface area contributed by atoms with Crippen molar-refractivity contribution in [3.8, 4) is 16.3 Å². The molecule has 0 bridgehead atoms. The van der Waals surface area contributed by atoms with Gasteiger partial charge in [-0.3, -0.25) is 0 Å². The Hall–Kier alpha value is -1.42. The predicted octanol–water partition coefficient (Wildman–Crippen LogP) is 6.07. The van der Waals surface area contributed by atoms with Crippen molar-refractivity contribution in [2.75, 3.05) is 7.11 Å². The normalized spacial score (nSPS) is 20.9. The van der Waals surface area contributed by atoms with E-state index in [-0.39, 0.29) is 0 Å². The lowest BCUT2D eigenvalue weighted by molar-refractivity contribution is 0.302. The van der Waals surface area contributed by atoms with Gasteiger partial charge in [-0.2, -0.15) is 0 Å². The van der Waals surface area contributed by atoms with Crippen LogP contribution in [0.3, 0.4) is 0 Å². The highest BCUT2D eigenvalue weighted by molar-refractivity contribution is 7.14. The monoisotopic (exact) mass is 344 g/mol. The van der Waals surface area contributed by atoms with Gasteiger partial charge in [-0.15, -0.1) is 10.2 Å². The fraction of sp³-hybridized carbons (Fsp3) is 0.600. The van der Waals surface area contributed by atoms with Crippen LogP contribution in [0.2, 0.25) is 0 Å². The van der Waals surface area contributed by atoms with Gasteiger partial charge in [0.1, 0.15) is 15.8 Å². The van der Waals surface area contributed by atoms with Crippen LogP contribution in [0, 0.1) is 5.92 Å². The van der Waals surface area contributed by atoms with E-state index in [9.17, 15) is 0 Å². The van der Waals surface area contributed by atoms with Crippen molar-refractivity contribution in [2.45, 2.75) is 64.2 Å². The number of methoxy groups -OCH3 is 1. The number of hydrogen-bond acceptors (Lipinski definition) is 4. The van der Waals surface area contributed by atoms with Crippen LogP contribution in [-0.4, -0.2) is 17.3 Å². The van der Waals surface area contributed by atoms with Crippen LogP contribution in [0.1, 0.15) is 69.2 Å². The molecule has 0 amide bonds. The largest absolute Gasteiger partial charge is 0.497 e. The number of nitrogens with zero attached hydrogens (tertiary/aromatic N) is 2. The number of hydrogen-bond donors (Lipinski definition) is 0. The first kappa shape index (κ1) is 17.4. The van der Waals surface area contributed by atoms with E-state index in [1.165, 1.54) is 56.4 Å². The van der Waals surface area contributed by atoms with Gasteiger partial charge in [0.05, 0.1) is 7.11 Å². The number of unbranched alkanes of at least 4 members (excludes halogenated alkanes) is 2. The molecule has 2 aromatic rings. The zero-order valence-corrected chi connectivity index (χ0v) is 15.6. The molecule has 0 radical (unpaired) electrons. The zero-order valence-electron chi connectivity index (χ0n) is 14.8. The van der Waals surface area contributed by atoms with Crippen LogP contribution in [0.4, 0.5) is 0 Å². The van der Waals surface area contributed by atoms with E-state index in [2.05, 4.69) is 29.3 Å². The maximum Gasteiger partial charge on any atom is 0.147 e. The van der Waals surface area contributed by atoms with Crippen LogP contribution in [-0.2, 0) is 0 Å². The molecular weight excluding hydrogens is 316 g/mol. The van der Waals surface area contributed by atoms with E-state index < -0.39 is 0 Å². The lowest BCUT2D eigenvalue weighted by atomic mass is 9.80. The summed E-state index contributed by atoms with van der Waals surface area (Å²) in [5.41, 5.74) is 1.13. The highest BCUT2D eigenvalue weighted by Gasteiger charge is 2.25. The molecule has 0 unspecified atom stereocenters. The molecular formula is C20H28N2OS. The molecule has 1 aliphatic rings. The van der Waals surface area contributed by atoms with Gasteiger partial charge in [0.2, 0.25) is 0 Å². The topological polar surface area (TPSA) is 35.0 Å². The summed E-state index contributed by atoms with van der Waals surface area (Å²) in [5.74, 6) is 2.45. The first-order chi connectivity index (χ1) is 11.8. The van der Waals surface area contributed by atoms with Crippen LogP contribution >= 0.6 is 11.3 Å². The standard InChI is InChI=1S/C20H28N2OS/c1-3-4-5-6-15-7-9-16(10-8-15)19-21-22-20(24-19)17-11-13-18(23-2)14-12-17/h11-16H,3-10H2,1-2H3. The van der Waals surface area contributed by atoms with Gasteiger partial charge in [0.15, 0.2) is 0 Å². The molecule has 1 saturated carbocycles. The average molecular weight is 345 g/mol. The van der Waals surface area contributed by atoms with E-state index in [0.717, 1.165) is 22.2 Å². The first-order valence-electron chi connectivity index (χ1n) is 9.28. The van der Waals surface area contributed by atoms with Crippen LogP contribution in [0.15, 0.2) is 24.3 Å². The van der Waals surface area contributed by atoms with Crippen molar-refractivity contribution in [3.63, 3.8) is 0 Å². The molecule has 3 rings (SSSR count). The summed E-state index contributed by atoms with van der Waals surface area (Å²) in [7, 11) is 1.69. The summed E-state index contributed by atoms with van der Waals surface area (Å²) in [6.45, 7) is 2.28. The SMILES string of the molecule is CCCCCC1CCC(c2nnc(-c3ccc(OC)cc3)s2)CC1. The van der Waals surface area contributed by atoms with Crippen molar-refractivity contribution < 1.29 is 4.74 Å². The molecule has 3 nitrogen and oxygen atoms in total. The van der Waals surface area contributed by atoms with E-state index >= 15 is 0 Å². The summed E-state index contributed by atoms with van der Waals surface area (Å²) in [6.07, 6.45) is 10.9. The second-order valence-electron chi connectivity index (χ2n) is 6.89. The summed E-state index contributed by atoms with van der Waals surface area (Å²) < 4.78 is 5.22. The molecule has 24 heavy (non-hydrogen) atoms. The van der Waals surface area contributed by atoms with Crippen molar-refractivity contribution in [2.24, 2.45) is 5.92 Å². The molecule has 130 valence electrons. The van der Waals surface area contributed by atoms with Gasteiger partial charge in [-0.25, -0.2) is 0 Å². The minimum atomic E-state index is 0.622. The molecule has 1 heterocycles. The summed E-state index contributed by atoms with van der Waals surface area (Å²) >= 11 is 1.77.